The van der Waals surface area contributed by atoms with Gasteiger partial charge in [-0.25, -0.2) is 4.79 Å². The second-order valence-corrected chi connectivity index (χ2v) is 5.34. The number of carboxylic acid groups (broad SMARTS) is 1. The number of benzene rings is 1. The minimum absolute atomic E-state index is 0.0637. The zero-order valence-corrected chi connectivity index (χ0v) is 11.1. The fraction of sp³-hybridized carbons (Fsp3) is 0.0833. The van der Waals surface area contributed by atoms with Gasteiger partial charge in [-0.05, 0) is 23.8 Å². The van der Waals surface area contributed by atoms with Gasteiger partial charge in [0.2, 0.25) is 11.6 Å². The Balaban J connectivity index is 2.17. The molecule has 0 aliphatic rings. The Bertz CT molecular complexity index is 741. The van der Waals surface area contributed by atoms with Gasteiger partial charge < -0.3 is 9.52 Å². The third-order valence-corrected chi connectivity index (χ3v) is 3.79. The first kappa shape index (κ1) is 14.9. The van der Waals surface area contributed by atoms with E-state index in [9.17, 15) is 23.5 Å². The molecule has 0 bridgehead atoms. The summed E-state index contributed by atoms with van der Waals surface area (Å²) in [4.78, 5) is 20.3. The van der Waals surface area contributed by atoms with Crippen molar-refractivity contribution in [3.05, 3.63) is 57.6 Å². The predicted molar refractivity (Wildman–Crippen MR) is 68.8 cm³/mol. The average Bonchev–Trinajstić information content (AvgIpc) is 2.88. The smallest absolute Gasteiger partial charge is 0.371 e. The first-order valence-corrected chi connectivity index (χ1v) is 6.84. The summed E-state index contributed by atoms with van der Waals surface area (Å²) in [5, 5.41) is 19.1. The third-order valence-electron chi connectivity index (χ3n) is 2.52. The van der Waals surface area contributed by atoms with Crippen LogP contribution in [0.1, 0.15) is 16.1 Å². The molecule has 0 saturated carbocycles. The number of nitro benzene ring substituents is 1. The van der Waals surface area contributed by atoms with Crippen LogP contribution in [0, 0.1) is 15.9 Å². The number of halogens is 1. The lowest BCUT2D eigenvalue weighted by molar-refractivity contribution is -0.387. The van der Waals surface area contributed by atoms with Crippen LogP contribution >= 0.6 is 0 Å². The molecule has 1 aromatic carbocycles. The van der Waals surface area contributed by atoms with Crippen LogP contribution in [0.4, 0.5) is 10.1 Å². The fourth-order valence-electron chi connectivity index (χ4n) is 1.57. The van der Waals surface area contributed by atoms with Crippen LogP contribution in [0.25, 0.3) is 0 Å². The number of aromatic carboxylic acids is 1. The van der Waals surface area contributed by atoms with Crippen LogP contribution in [0.15, 0.2) is 39.8 Å². The van der Waals surface area contributed by atoms with E-state index >= 15 is 0 Å². The topological polar surface area (TPSA) is 111 Å². The van der Waals surface area contributed by atoms with Crippen molar-refractivity contribution in [3.8, 4) is 0 Å². The first-order valence-electron chi connectivity index (χ1n) is 5.53. The summed E-state index contributed by atoms with van der Waals surface area (Å²) < 4.78 is 30.2. The molecule has 0 aliphatic heterocycles. The fourth-order valence-corrected chi connectivity index (χ4v) is 2.60. The number of nitro groups is 1. The molecular weight excluding hydrogens is 305 g/mol. The van der Waals surface area contributed by atoms with E-state index in [4.69, 9.17) is 9.52 Å². The van der Waals surface area contributed by atoms with E-state index in [0.29, 0.717) is 0 Å². The second kappa shape index (κ2) is 5.83. The summed E-state index contributed by atoms with van der Waals surface area (Å²) >= 11 is 0. The van der Waals surface area contributed by atoms with Crippen molar-refractivity contribution < 1.29 is 27.8 Å². The van der Waals surface area contributed by atoms with E-state index in [0.717, 1.165) is 18.2 Å². The summed E-state index contributed by atoms with van der Waals surface area (Å²) in [6.45, 7) is 0. The monoisotopic (exact) mass is 313 g/mol. The molecule has 110 valence electrons. The lowest BCUT2D eigenvalue weighted by Gasteiger charge is -2.01. The van der Waals surface area contributed by atoms with Gasteiger partial charge in [0.15, 0.2) is 5.09 Å². The maximum absolute atomic E-state index is 13.4. The Morgan fingerprint density at radius 1 is 1.38 bits per heavy atom. The number of hydrogen-bond acceptors (Lipinski definition) is 5. The van der Waals surface area contributed by atoms with Gasteiger partial charge in [-0.15, -0.1) is 0 Å². The second-order valence-electron chi connectivity index (χ2n) is 3.96. The Kier molecular flexibility index (Phi) is 4.13. The summed E-state index contributed by atoms with van der Waals surface area (Å²) in [7, 11) is -1.72. The number of carboxylic acids is 1. The highest BCUT2D eigenvalue weighted by molar-refractivity contribution is 7.84. The van der Waals surface area contributed by atoms with E-state index in [1.807, 2.05) is 0 Å². The minimum atomic E-state index is -1.72. The molecule has 0 aliphatic carbocycles. The summed E-state index contributed by atoms with van der Waals surface area (Å²) in [6.07, 6.45) is 0. The van der Waals surface area contributed by atoms with Crippen LogP contribution in [-0.2, 0) is 16.6 Å². The number of rotatable bonds is 5. The van der Waals surface area contributed by atoms with E-state index in [1.54, 1.807) is 0 Å². The molecule has 0 saturated heterocycles. The van der Waals surface area contributed by atoms with Gasteiger partial charge >= 0.3 is 11.7 Å². The highest BCUT2D eigenvalue weighted by Crippen LogP contribution is 2.21. The van der Waals surface area contributed by atoms with Crippen molar-refractivity contribution in [1.29, 1.82) is 0 Å². The molecule has 1 atom stereocenters. The Labute approximate surface area is 119 Å². The first-order chi connectivity index (χ1) is 9.88. The molecule has 21 heavy (non-hydrogen) atoms. The Morgan fingerprint density at radius 3 is 2.62 bits per heavy atom. The quantitative estimate of drug-likeness (QED) is 0.670. The van der Waals surface area contributed by atoms with Gasteiger partial charge in [-0.3, -0.25) is 14.3 Å². The maximum atomic E-state index is 13.4. The normalized spacial score (nSPS) is 12.0. The summed E-state index contributed by atoms with van der Waals surface area (Å²) in [5.41, 5.74) is -0.402. The lowest BCUT2D eigenvalue weighted by atomic mass is 10.2. The SMILES string of the molecule is O=C(O)c1ccc(S(=O)Cc2ccc([N+](=O)[O-])c(F)c2)o1. The van der Waals surface area contributed by atoms with Crippen LogP contribution in [0.5, 0.6) is 0 Å². The standard InChI is InChI=1S/C12H8FNO6S/c13-8-5-7(1-2-9(8)14(17)18)6-21(19)11-4-3-10(20-11)12(15)16/h1-5H,6H2,(H,15,16). The van der Waals surface area contributed by atoms with Crippen LogP contribution in [0.3, 0.4) is 0 Å². The molecule has 1 unspecified atom stereocenters. The molecule has 2 aromatic rings. The lowest BCUT2D eigenvalue weighted by Crippen LogP contribution is -1.98. The van der Waals surface area contributed by atoms with Crippen LogP contribution < -0.4 is 0 Å². The number of nitrogens with zero attached hydrogens (tertiary/aromatic N) is 1. The molecule has 0 spiro atoms. The molecule has 1 heterocycles. The van der Waals surface area contributed by atoms with Gasteiger partial charge in [0.05, 0.1) is 21.5 Å². The zero-order chi connectivity index (χ0) is 15.6. The summed E-state index contributed by atoms with van der Waals surface area (Å²) in [6, 6.07) is 5.58. The van der Waals surface area contributed by atoms with Crippen molar-refractivity contribution in [2.75, 3.05) is 0 Å². The molecule has 1 N–H and O–H groups in total. The van der Waals surface area contributed by atoms with Crippen LogP contribution in [-0.4, -0.2) is 20.2 Å². The molecule has 0 radical (unpaired) electrons. The van der Waals surface area contributed by atoms with Gasteiger partial charge in [0, 0.05) is 6.07 Å². The van der Waals surface area contributed by atoms with Crippen molar-refractivity contribution in [1.82, 2.24) is 0 Å². The molecule has 0 amide bonds. The minimum Gasteiger partial charge on any atom is -0.475 e. The highest BCUT2D eigenvalue weighted by Gasteiger charge is 2.17. The highest BCUT2D eigenvalue weighted by atomic mass is 32.2. The molecule has 2 rings (SSSR count). The molecule has 1 aromatic heterocycles. The van der Waals surface area contributed by atoms with Crippen LogP contribution in [0.2, 0.25) is 0 Å². The van der Waals surface area contributed by atoms with Crippen molar-refractivity contribution >= 4 is 22.5 Å². The van der Waals surface area contributed by atoms with E-state index in [2.05, 4.69) is 0 Å². The Morgan fingerprint density at radius 2 is 2.10 bits per heavy atom. The van der Waals surface area contributed by atoms with Crippen molar-refractivity contribution in [3.63, 3.8) is 0 Å². The van der Waals surface area contributed by atoms with Crippen molar-refractivity contribution in [2.24, 2.45) is 0 Å². The van der Waals surface area contributed by atoms with E-state index < -0.39 is 33.2 Å². The van der Waals surface area contributed by atoms with Crippen molar-refractivity contribution in [2.45, 2.75) is 10.8 Å². The predicted octanol–water partition coefficient (Wildman–Crippen LogP) is 2.33. The molecular formula is C12H8FNO6S. The number of furan rings is 1. The van der Waals surface area contributed by atoms with Gasteiger partial charge in [-0.1, -0.05) is 6.07 Å². The zero-order valence-electron chi connectivity index (χ0n) is 10.3. The maximum Gasteiger partial charge on any atom is 0.371 e. The third kappa shape index (κ3) is 3.31. The molecule has 9 heteroatoms. The number of carbonyl (C=O) groups is 1. The largest absolute Gasteiger partial charge is 0.475 e. The molecule has 7 nitrogen and oxygen atoms in total. The summed E-state index contributed by atoms with van der Waals surface area (Å²) in [5.74, 6) is -2.82. The van der Waals surface area contributed by atoms with Gasteiger partial charge in [0.1, 0.15) is 0 Å². The van der Waals surface area contributed by atoms with Gasteiger partial charge in [-0.2, -0.15) is 4.39 Å². The van der Waals surface area contributed by atoms with E-state index in [-0.39, 0.29) is 22.2 Å². The average molecular weight is 313 g/mol. The molecule has 0 fully saturated rings. The number of hydrogen-bond donors (Lipinski definition) is 1. The Hall–Kier alpha value is -2.55. The van der Waals surface area contributed by atoms with Gasteiger partial charge in [0.25, 0.3) is 0 Å². The van der Waals surface area contributed by atoms with E-state index in [1.165, 1.54) is 12.1 Å².